The van der Waals surface area contributed by atoms with Crippen molar-refractivity contribution in [1.29, 1.82) is 0 Å². The average molecular weight is 476 g/mol. The minimum absolute atomic E-state index is 0.118. The highest BCUT2D eigenvalue weighted by atomic mass is 127. The number of methoxy groups -OCH3 is 1. The van der Waals surface area contributed by atoms with Crippen molar-refractivity contribution in [1.82, 2.24) is 4.98 Å². The molecule has 2 aromatic carbocycles. The van der Waals surface area contributed by atoms with Gasteiger partial charge in [0.05, 0.1) is 18.4 Å². The van der Waals surface area contributed by atoms with Gasteiger partial charge in [-0.15, -0.1) is 11.3 Å². The van der Waals surface area contributed by atoms with Crippen LogP contribution in [0.25, 0.3) is 11.3 Å². The number of fused-ring (bicyclic) bond motifs is 3. The molecule has 1 aliphatic rings. The minimum Gasteiger partial charge on any atom is -0.496 e. The zero-order valence-corrected chi connectivity index (χ0v) is 17.4. The lowest BCUT2D eigenvalue weighted by atomic mass is 9.91. The summed E-state index contributed by atoms with van der Waals surface area (Å²) in [7, 11) is 1.70. The van der Waals surface area contributed by atoms with Gasteiger partial charge in [-0.3, -0.25) is 10.1 Å². The van der Waals surface area contributed by atoms with Crippen molar-refractivity contribution >= 4 is 45.0 Å². The molecule has 1 heterocycles. The van der Waals surface area contributed by atoms with Crippen molar-refractivity contribution in [3.05, 3.63) is 61.5 Å². The number of rotatable bonds is 3. The first-order chi connectivity index (χ1) is 12.6. The van der Waals surface area contributed by atoms with E-state index in [0.717, 1.165) is 39.0 Å². The third-order valence-corrected chi connectivity index (χ3v) is 6.50. The van der Waals surface area contributed by atoms with Gasteiger partial charge in [-0.1, -0.05) is 12.1 Å². The van der Waals surface area contributed by atoms with Crippen LogP contribution in [0.2, 0.25) is 0 Å². The van der Waals surface area contributed by atoms with Gasteiger partial charge in [-0.25, -0.2) is 4.98 Å². The fourth-order valence-electron chi connectivity index (χ4n) is 3.22. The summed E-state index contributed by atoms with van der Waals surface area (Å²) in [5, 5.41) is 3.62. The Labute approximate surface area is 169 Å². The van der Waals surface area contributed by atoms with E-state index in [0.29, 0.717) is 10.7 Å². The van der Waals surface area contributed by atoms with Gasteiger partial charge in [-0.2, -0.15) is 0 Å². The Kier molecular flexibility index (Phi) is 4.71. The van der Waals surface area contributed by atoms with Gasteiger partial charge >= 0.3 is 0 Å². The molecule has 0 bridgehead atoms. The highest BCUT2D eigenvalue weighted by molar-refractivity contribution is 14.1. The van der Waals surface area contributed by atoms with Gasteiger partial charge in [0.15, 0.2) is 5.13 Å². The van der Waals surface area contributed by atoms with Crippen LogP contribution in [-0.2, 0) is 12.8 Å². The third kappa shape index (κ3) is 3.12. The lowest BCUT2D eigenvalue weighted by Crippen LogP contribution is -2.13. The number of hydrogen-bond donors (Lipinski definition) is 1. The number of amides is 1. The predicted molar refractivity (Wildman–Crippen MR) is 113 cm³/mol. The molecule has 0 aliphatic heterocycles. The molecule has 26 heavy (non-hydrogen) atoms. The van der Waals surface area contributed by atoms with Crippen LogP contribution in [0.15, 0.2) is 36.4 Å². The van der Waals surface area contributed by atoms with Crippen LogP contribution in [0.5, 0.6) is 5.75 Å². The van der Waals surface area contributed by atoms with Crippen LogP contribution in [0.3, 0.4) is 0 Å². The van der Waals surface area contributed by atoms with E-state index in [4.69, 9.17) is 9.72 Å². The number of hydrogen-bond acceptors (Lipinski definition) is 4. The number of thiazole rings is 1. The molecule has 1 aromatic heterocycles. The molecule has 132 valence electrons. The summed E-state index contributed by atoms with van der Waals surface area (Å²) in [6.07, 6.45) is 1.90. The van der Waals surface area contributed by atoms with Crippen LogP contribution < -0.4 is 10.1 Å². The smallest absolute Gasteiger partial charge is 0.258 e. The van der Waals surface area contributed by atoms with Gasteiger partial charge in [0.25, 0.3) is 5.91 Å². The molecule has 3 aromatic rings. The predicted octanol–water partition coefficient (Wildman–Crippen LogP) is 5.08. The van der Waals surface area contributed by atoms with Crippen molar-refractivity contribution in [3.63, 3.8) is 0 Å². The monoisotopic (exact) mass is 476 g/mol. The number of nitrogens with one attached hydrogen (secondary N) is 1. The standard InChI is InChI=1S/C20H17IN2O2S/c1-11-9-14-12(10-16(11)25-2)7-8-17-18(14)22-20(26-17)23-19(24)13-5-3-4-6-15(13)21/h3-6,9-10H,7-8H2,1-2H3,(H,22,23,24). The minimum atomic E-state index is -0.118. The summed E-state index contributed by atoms with van der Waals surface area (Å²) in [5.74, 6) is 0.793. The zero-order chi connectivity index (χ0) is 18.3. The maximum absolute atomic E-state index is 12.6. The van der Waals surface area contributed by atoms with Crippen LogP contribution in [-0.4, -0.2) is 18.0 Å². The number of halogens is 1. The number of ether oxygens (including phenoxy) is 1. The molecule has 0 atom stereocenters. The summed E-state index contributed by atoms with van der Waals surface area (Å²) in [6, 6.07) is 11.8. The molecule has 0 radical (unpaired) electrons. The van der Waals surface area contributed by atoms with Crippen LogP contribution in [0, 0.1) is 10.5 Å². The molecule has 4 nitrogen and oxygen atoms in total. The van der Waals surface area contributed by atoms with Crippen molar-refractivity contribution in [3.8, 4) is 17.0 Å². The van der Waals surface area contributed by atoms with Gasteiger partial charge < -0.3 is 4.74 Å². The number of carbonyl (C=O) groups excluding carboxylic acids is 1. The summed E-state index contributed by atoms with van der Waals surface area (Å²) in [4.78, 5) is 18.5. The topological polar surface area (TPSA) is 51.2 Å². The molecular formula is C20H17IN2O2S. The Balaban J connectivity index is 1.66. The fraction of sp³-hybridized carbons (Fsp3) is 0.200. The van der Waals surface area contributed by atoms with Crippen LogP contribution in [0.4, 0.5) is 5.13 Å². The molecular weight excluding hydrogens is 459 g/mol. The number of aryl methyl sites for hydroxylation is 3. The summed E-state index contributed by atoms with van der Waals surface area (Å²) in [5.41, 5.74) is 5.15. The van der Waals surface area contributed by atoms with Crippen molar-refractivity contribution in [2.45, 2.75) is 19.8 Å². The maximum atomic E-state index is 12.6. The molecule has 0 unspecified atom stereocenters. The first-order valence-electron chi connectivity index (χ1n) is 8.30. The summed E-state index contributed by atoms with van der Waals surface area (Å²) in [6.45, 7) is 2.04. The van der Waals surface area contributed by atoms with E-state index in [-0.39, 0.29) is 5.91 Å². The van der Waals surface area contributed by atoms with Gasteiger partial charge in [0.1, 0.15) is 5.75 Å². The average Bonchev–Trinajstić information content (AvgIpc) is 3.04. The van der Waals surface area contributed by atoms with Gasteiger partial charge in [0.2, 0.25) is 0 Å². The molecule has 4 rings (SSSR count). The number of nitrogens with zero attached hydrogens (tertiary/aromatic N) is 1. The molecule has 0 saturated carbocycles. The second-order valence-corrected chi connectivity index (χ2v) is 8.45. The van der Waals surface area contributed by atoms with Crippen LogP contribution in [0.1, 0.15) is 26.4 Å². The zero-order valence-electron chi connectivity index (χ0n) is 14.4. The van der Waals surface area contributed by atoms with Gasteiger partial charge in [-0.05, 0) is 77.7 Å². The number of anilines is 1. The van der Waals surface area contributed by atoms with E-state index >= 15 is 0 Å². The number of aromatic nitrogens is 1. The Morgan fingerprint density at radius 1 is 1.27 bits per heavy atom. The van der Waals surface area contributed by atoms with E-state index < -0.39 is 0 Å². The molecule has 1 amide bonds. The van der Waals surface area contributed by atoms with E-state index in [1.54, 1.807) is 18.4 Å². The summed E-state index contributed by atoms with van der Waals surface area (Å²) < 4.78 is 6.37. The largest absolute Gasteiger partial charge is 0.496 e. The molecule has 6 heteroatoms. The maximum Gasteiger partial charge on any atom is 0.258 e. The van der Waals surface area contributed by atoms with Crippen molar-refractivity contribution < 1.29 is 9.53 Å². The Hall–Kier alpha value is -1.93. The second kappa shape index (κ2) is 7.00. The normalized spacial score (nSPS) is 12.3. The molecule has 0 saturated heterocycles. The Morgan fingerprint density at radius 2 is 2.08 bits per heavy atom. The van der Waals surface area contributed by atoms with Crippen molar-refractivity contribution in [2.75, 3.05) is 12.4 Å². The number of carbonyl (C=O) groups is 1. The number of benzene rings is 2. The van der Waals surface area contributed by atoms with E-state index in [2.05, 4.69) is 40.0 Å². The highest BCUT2D eigenvalue weighted by Crippen LogP contribution is 2.40. The van der Waals surface area contributed by atoms with E-state index in [1.165, 1.54) is 10.4 Å². The lowest BCUT2D eigenvalue weighted by Gasteiger charge is -2.17. The van der Waals surface area contributed by atoms with E-state index in [9.17, 15) is 4.79 Å². The highest BCUT2D eigenvalue weighted by Gasteiger charge is 2.23. The first kappa shape index (κ1) is 17.5. The lowest BCUT2D eigenvalue weighted by molar-refractivity contribution is 0.102. The SMILES string of the molecule is COc1cc2c(cc1C)-c1nc(NC(=O)c3ccccc3I)sc1CC2. The third-order valence-electron chi connectivity index (χ3n) is 4.53. The molecule has 1 N–H and O–H groups in total. The fourth-order valence-corrected chi connectivity index (χ4v) is 4.82. The first-order valence-corrected chi connectivity index (χ1v) is 10.2. The molecule has 1 aliphatic carbocycles. The molecule has 0 fully saturated rings. The summed E-state index contributed by atoms with van der Waals surface area (Å²) >= 11 is 3.74. The van der Waals surface area contributed by atoms with Crippen molar-refractivity contribution in [2.24, 2.45) is 0 Å². The Morgan fingerprint density at radius 3 is 2.85 bits per heavy atom. The second-order valence-electron chi connectivity index (χ2n) is 6.20. The van der Waals surface area contributed by atoms with Gasteiger partial charge in [0, 0.05) is 14.0 Å². The van der Waals surface area contributed by atoms with Crippen LogP contribution >= 0.6 is 33.9 Å². The van der Waals surface area contributed by atoms with E-state index in [1.807, 2.05) is 31.2 Å². The molecule has 0 spiro atoms. The quantitative estimate of drug-likeness (QED) is 0.537. The Bertz CT molecular complexity index is 1010.